The Morgan fingerprint density at radius 1 is 1.41 bits per heavy atom. The molecule has 0 N–H and O–H groups in total. The van der Waals surface area contributed by atoms with E-state index in [1.807, 2.05) is 24.3 Å². The number of benzene rings is 1. The topological polar surface area (TPSA) is 36.3 Å². The van der Waals surface area contributed by atoms with Crippen molar-refractivity contribution in [3.05, 3.63) is 24.3 Å². The molecule has 0 heterocycles. The third-order valence-corrected chi connectivity index (χ3v) is 3.44. The van der Waals surface area contributed by atoms with Crippen molar-refractivity contribution >= 4 is 5.69 Å². The van der Waals surface area contributed by atoms with Gasteiger partial charge >= 0.3 is 0 Å². The summed E-state index contributed by atoms with van der Waals surface area (Å²) in [7, 11) is 1.66. The Balaban J connectivity index is 2.16. The first-order valence-electron chi connectivity index (χ1n) is 6.04. The summed E-state index contributed by atoms with van der Waals surface area (Å²) in [5.74, 6) is 1.61. The van der Waals surface area contributed by atoms with Crippen LogP contribution in [-0.4, -0.2) is 19.7 Å². The van der Waals surface area contributed by atoms with Crippen molar-refractivity contribution in [3.8, 4) is 11.8 Å². The second-order valence-electron chi connectivity index (χ2n) is 4.56. The van der Waals surface area contributed by atoms with Crippen LogP contribution in [0.25, 0.3) is 0 Å². The third kappa shape index (κ3) is 2.71. The van der Waals surface area contributed by atoms with Crippen molar-refractivity contribution < 1.29 is 4.74 Å². The van der Waals surface area contributed by atoms with E-state index in [0.717, 1.165) is 17.4 Å². The highest BCUT2D eigenvalue weighted by atomic mass is 16.5. The molecule has 0 amide bonds. The van der Waals surface area contributed by atoms with E-state index < -0.39 is 0 Å². The van der Waals surface area contributed by atoms with E-state index in [-0.39, 0.29) is 0 Å². The van der Waals surface area contributed by atoms with Crippen molar-refractivity contribution in [2.75, 3.05) is 18.6 Å². The fraction of sp³-hybridized carbons (Fsp3) is 0.500. The number of anilines is 1. The fourth-order valence-corrected chi connectivity index (χ4v) is 2.15. The van der Waals surface area contributed by atoms with Crippen LogP contribution < -0.4 is 9.64 Å². The predicted octanol–water partition coefficient (Wildman–Crippen LogP) is 2.82. The van der Waals surface area contributed by atoms with E-state index >= 15 is 0 Å². The first-order chi connectivity index (χ1) is 8.26. The van der Waals surface area contributed by atoms with E-state index in [1.54, 1.807) is 7.11 Å². The zero-order valence-electron chi connectivity index (χ0n) is 10.4. The van der Waals surface area contributed by atoms with Gasteiger partial charge in [-0.25, -0.2) is 0 Å². The minimum absolute atomic E-state index is 0.447. The van der Waals surface area contributed by atoms with E-state index in [0.29, 0.717) is 12.6 Å². The molecule has 0 aliphatic heterocycles. The van der Waals surface area contributed by atoms with Gasteiger partial charge in [0.15, 0.2) is 0 Å². The molecule has 1 aliphatic carbocycles. The predicted molar refractivity (Wildman–Crippen MR) is 68.1 cm³/mol. The summed E-state index contributed by atoms with van der Waals surface area (Å²) in [6, 6.07) is 10.6. The molecular weight excluding hydrogens is 212 g/mol. The molecule has 90 valence electrons. The second kappa shape index (κ2) is 5.09. The summed E-state index contributed by atoms with van der Waals surface area (Å²) in [6.07, 6.45) is 2.58. The van der Waals surface area contributed by atoms with Crippen molar-refractivity contribution in [3.63, 3.8) is 0 Å². The molecule has 3 nitrogen and oxygen atoms in total. The lowest BCUT2D eigenvalue weighted by molar-refractivity contribution is 0.414. The minimum atomic E-state index is 0.447. The summed E-state index contributed by atoms with van der Waals surface area (Å²) in [6.45, 7) is 2.66. The maximum atomic E-state index is 8.93. The van der Waals surface area contributed by atoms with Gasteiger partial charge in [-0.15, -0.1) is 0 Å². The van der Waals surface area contributed by atoms with Crippen LogP contribution in [0.15, 0.2) is 24.3 Å². The van der Waals surface area contributed by atoms with Gasteiger partial charge in [-0.05, 0) is 49.9 Å². The molecule has 1 atom stereocenters. The number of hydrogen-bond donors (Lipinski definition) is 0. The van der Waals surface area contributed by atoms with Crippen LogP contribution in [0.2, 0.25) is 0 Å². The number of ether oxygens (including phenoxy) is 1. The lowest BCUT2D eigenvalue weighted by atomic mass is 10.1. The number of hydrogen-bond acceptors (Lipinski definition) is 3. The van der Waals surface area contributed by atoms with Crippen molar-refractivity contribution in [1.29, 1.82) is 5.26 Å². The summed E-state index contributed by atoms with van der Waals surface area (Å²) < 4.78 is 5.15. The van der Waals surface area contributed by atoms with Crippen LogP contribution >= 0.6 is 0 Å². The maximum Gasteiger partial charge on any atom is 0.119 e. The molecule has 1 fully saturated rings. The van der Waals surface area contributed by atoms with Crippen LogP contribution in [0.1, 0.15) is 19.8 Å². The number of rotatable bonds is 5. The van der Waals surface area contributed by atoms with E-state index in [2.05, 4.69) is 17.9 Å². The quantitative estimate of drug-likeness (QED) is 0.730. The summed E-state index contributed by atoms with van der Waals surface area (Å²) in [5, 5.41) is 8.93. The Labute approximate surface area is 103 Å². The first kappa shape index (κ1) is 11.8. The fourth-order valence-electron chi connectivity index (χ4n) is 2.15. The Morgan fingerprint density at radius 2 is 2.06 bits per heavy atom. The molecule has 1 aromatic carbocycles. The minimum Gasteiger partial charge on any atom is -0.497 e. The SMILES string of the molecule is COc1ccc(N(CC#N)[C@@H](C)C2CC2)cc1. The Morgan fingerprint density at radius 3 is 2.53 bits per heavy atom. The van der Waals surface area contributed by atoms with Gasteiger partial charge in [0.25, 0.3) is 0 Å². The maximum absolute atomic E-state index is 8.93. The number of nitrogens with zero attached hydrogens (tertiary/aromatic N) is 2. The van der Waals surface area contributed by atoms with Crippen LogP contribution in [0.4, 0.5) is 5.69 Å². The average Bonchev–Trinajstić information content (AvgIpc) is 3.20. The monoisotopic (exact) mass is 230 g/mol. The van der Waals surface area contributed by atoms with Crippen LogP contribution in [0.3, 0.4) is 0 Å². The van der Waals surface area contributed by atoms with E-state index in [1.165, 1.54) is 12.8 Å². The van der Waals surface area contributed by atoms with Gasteiger partial charge in [0.1, 0.15) is 12.3 Å². The molecule has 1 saturated carbocycles. The molecule has 1 aliphatic rings. The average molecular weight is 230 g/mol. The van der Waals surface area contributed by atoms with Crippen molar-refractivity contribution in [2.24, 2.45) is 5.92 Å². The Hall–Kier alpha value is -1.69. The Kier molecular flexibility index (Phi) is 3.53. The van der Waals surface area contributed by atoms with Crippen molar-refractivity contribution in [1.82, 2.24) is 0 Å². The molecule has 0 aromatic heterocycles. The molecule has 0 bridgehead atoms. The molecule has 0 unspecified atom stereocenters. The highest BCUT2D eigenvalue weighted by Gasteiger charge is 2.32. The second-order valence-corrected chi connectivity index (χ2v) is 4.56. The normalized spacial score (nSPS) is 16.1. The van der Waals surface area contributed by atoms with Crippen LogP contribution in [-0.2, 0) is 0 Å². The highest BCUT2D eigenvalue weighted by Crippen LogP contribution is 2.37. The Bertz CT molecular complexity index is 403. The van der Waals surface area contributed by atoms with Gasteiger partial charge in [0.2, 0.25) is 0 Å². The molecular formula is C14H18N2O. The lowest BCUT2D eigenvalue weighted by Gasteiger charge is -2.29. The van der Waals surface area contributed by atoms with Crippen molar-refractivity contribution in [2.45, 2.75) is 25.8 Å². The smallest absolute Gasteiger partial charge is 0.119 e. The number of nitriles is 1. The third-order valence-electron chi connectivity index (χ3n) is 3.44. The van der Waals surface area contributed by atoms with Gasteiger partial charge in [-0.3, -0.25) is 0 Å². The molecule has 2 rings (SSSR count). The summed E-state index contributed by atoms with van der Waals surface area (Å²) >= 11 is 0. The van der Waals surface area contributed by atoms with Gasteiger partial charge in [-0.2, -0.15) is 5.26 Å². The zero-order chi connectivity index (χ0) is 12.3. The van der Waals surface area contributed by atoms with Crippen LogP contribution in [0, 0.1) is 17.2 Å². The first-order valence-corrected chi connectivity index (χ1v) is 6.04. The molecule has 1 aromatic rings. The van der Waals surface area contributed by atoms with Gasteiger partial charge in [0.05, 0.1) is 13.2 Å². The summed E-state index contributed by atoms with van der Waals surface area (Å²) in [5.41, 5.74) is 1.10. The number of methoxy groups -OCH3 is 1. The van der Waals surface area contributed by atoms with Gasteiger partial charge < -0.3 is 9.64 Å². The van der Waals surface area contributed by atoms with Crippen LogP contribution in [0.5, 0.6) is 5.75 Å². The standard InChI is InChI=1S/C14H18N2O/c1-11(12-3-4-12)16(10-9-15)13-5-7-14(17-2)8-6-13/h5-8,11-12H,3-4,10H2,1-2H3/t11-/m0/s1. The molecule has 3 heteroatoms. The van der Waals surface area contributed by atoms with Gasteiger partial charge in [-0.1, -0.05) is 0 Å². The van der Waals surface area contributed by atoms with Gasteiger partial charge in [0, 0.05) is 11.7 Å². The lowest BCUT2D eigenvalue weighted by Crippen LogP contribution is -2.34. The van der Waals surface area contributed by atoms with E-state index in [4.69, 9.17) is 10.00 Å². The zero-order valence-corrected chi connectivity index (χ0v) is 10.4. The molecule has 17 heavy (non-hydrogen) atoms. The molecule has 0 spiro atoms. The van der Waals surface area contributed by atoms with E-state index in [9.17, 15) is 0 Å². The largest absolute Gasteiger partial charge is 0.497 e. The highest BCUT2D eigenvalue weighted by molar-refractivity contribution is 5.51. The summed E-state index contributed by atoms with van der Waals surface area (Å²) in [4.78, 5) is 2.18. The molecule has 0 radical (unpaired) electrons. The molecule has 0 saturated heterocycles.